The van der Waals surface area contributed by atoms with Gasteiger partial charge in [0, 0.05) is 6.04 Å². The normalized spacial score (nSPS) is 21.8. The van der Waals surface area contributed by atoms with Crippen molar-refractivity contribution in [2.45, 2.75) is 37.6 Å². The zero-order valence-electron chi connectivity index (χ0n) is 13.1. The first-order valence-electron chi connectivity index (χ1n) is 7.71. The number of benzene rings is 1. The molecule has 0 atom stereocenters. The van der Waals surface area contributed by atoms with Crippen LogP contribution in [-0.2, 0) is 0 Å². The largest absolute Gasteiger partial charge is 0.497 e. The minimum atomic E-state index is 0.724. The Bertz CT molecular complexity index is 382. The number of nitrogens with zero attached hydrogens (tertiary/aromatic N) is 1. The number of nitrogens with one attached hydrogen (secondary N) is 1. The fraction of sp³-hybridized carbons (Fsp3) is 0.647. The number of unbranched alkanes of at least 4 members (excludes halogenated alkanes) is 1. The van der Waals surface area contributed by atoms with E-state index in [2.05, 4.69) is 48.6 Å². The van der Waals surface area contributed by atoms with Crippen molar-refractivity contribution in [3.8, 4) is 5.75 Å². The summed E-state index contributed by atoms with van der Waals surface area (Å²) in [5.74, 6) is 1.68. The second-order valence-corrected chi connectivity index (χ2v) is 6.10. The SMILES string of the molecule is COc1ccc(C2CC(NCCCCN(C)C)C2)cc1. The molecule has 20 heavy (non-hydrogen) atoms. The summed E-state index contributed by atoms with van der Waals surface area (Å²) in [7, 11) is 5.99. The lowest BCUT2D eigenvalue weighted by molar-refractivity contribution is 0.287. The standard InChI is InChI=1S/C17H28N2O/c1-19(2)11-5-4-10-18-16-12-15(13-16)14-6-8-17(20-3)9-7-14/h6-9,15-16,18H,4-5,10-13H2,1-3H3. The Balaban J connectivity index is 1.59. The Morgan fingerprint density at radius 2 is 1.85 bits per heavy atom. The fourth-order valence-electron chi connectivity index (χ4n) is 2.79. The predicted octanol–water partition coefficient (Wildman–Crippen LogP) is 2.87. The summed E-state index contributed by atoms with van der Waals surface area (Å²) in [6.07, 6.45) is 5.12. The van der Waals surface area contributed by atoms with Crippen LogP contribution < -0.4 is 10.1 Å². The molecule has 1 aromatic carbocycles. The topological polar surface area (TPSA) is 24.5 Å². The molecular weight excluding hydrogens is 248 g/mol. The molecule has 0 heterocycles. The number of hydrogen-bond donors (Lipinski definition) is 1. The molecule has 1 saturated carbocycles. The van der Waals surface area contributed by atoms with Crippen LogP contribution in [0.15, 0.2) is 24.3 Å². The quantitative estimate of drug-likeness (QED) is 0.739. The van der Waals surface area contributed by atoms with Gasteiger partial charge in [-0.2, -0.15) is 0 Å². The van der Waals surface area contributed by atoms with Gasteiger partial charge in [0.2, 0.25) is 0 Å². The molecule has 1 N–H and O–H groups in total. The van der Waals surface area contributed by atoms with Crippen LogP contribution in [-0.4, -0.2) is 45.2 Å². The second kappa shape index (κ2) is 7.65. The molecule has 1 aliphatic rings. The van der Waals surface area contributed by atoms with Crippen LogP contribution in [0.4, 0.5) is 0 Å². The van der Waals surface area contributed by atoms with Crippen molar-refractivity contribution in [2.24, 2.45) is 0 Å². The zero-order chi connectivity index (χ0) is 14.4. The zero-order valence-corrected chi connectivity index (χ0v) is 13.1. The molecule has 1 aromatic rings. The Hall–Kier alpha value is -1.06. The van der Waals surface area contributed by atoms with Gasteiger partial charge in [-0.15, -0.1) is 0 Å². The first-order valence-corrected chi connectivity index (χ1v) is 7.71. The van der Waals surface area contributed by atoms with Crippen molar-refractivity contribution in [2.75, 3.05) is 34.3 Å². The van der Waals surface area contributed by atoms with Gasteiger partial charge in [0.05, 0.1) is 7.11 Å². The summed E-state index contributed by atoms with van der Waals surface area (Å²) in [5, 5.41) is 3.67. The molecule has 0 aromatic heterocycles. The molecule has 2 rings (SSSR count). The summed E-state index contributed by atoms with van der Waals surface area (Å²) >= 11 is 0. The van der Waals surface area contributed by atoms with Gasteiger partial charge in [0.1, 0.15) is 5.75 Å². The van der Waals surface area contributed by atoms with Crippen LogP contribution in [0.2, 0.25) is 0 Å². The molecule has 0 aliphatic heterocycles. The molecular formula is C17H28N2O. The van der Waals surface area contributed by atoms with Crippen molar-refractivity contribution in [3.05, 3.63) is 29.8 Å². The van der Waals surface area contributed by atoms with E-state index in [1.54, 1.807) is 7.11 Å². The molecule has 1 aliphatic carbocycles. The Morgan fingerprint density at radius 1 is 1.15 bits per heavy atom. The minimum absolute atomic E-state index is 0.724. The number of rotatable bonds is 8. The van der Waals surface area contributed by atoms with Crippen LogP contribution >= 0.6 is 0 Å². The third-order valence-electron chi connectivity index (χ3n) is 4.19. The number of ether oxygens (including phenoxy) is 1. The molecule has 0 amide bonds. The van der Waals surface area contributed by atoms with Crippen LogP contribution in [0, 0.1) is 0 Å². The van der Waals surface area contributed by atoms with Crippen molar-refractivity contribution in [1.82, 2.24) is 10.2 Å². The summed E-state index contributed by atoms with van der Waals surface area (Å²) in [5.41, 5.74) is 1.46. The second-order valence-electron chi connectivity index (χ2n) is 6.10. The van der Waals surface area contributed by atoms with Crippen molar-refractivity contribution in [3.63, 3.8) is 0 Å². The maximum atomic E-state index is 5.20. The van der Waals surface area contributed by atoms with E-state index in [9.17, 15) is 0 Å². The molecule has 3 heteroatoms. The van der Waals surface area contributed by atoms with E-state index in [0.29, 0.717) is 0 Å². The lowest BCUT2D eigenvalue weighted by Gasteiger charge is -2.36. The molecule has 0 radical (unpaired) electrons. The van der Waals surface area contributed by atoms with Crippen LogP contribution in [0.1, 0.15) is 37.2 Å². The van der Waals surface area contributed by atoms with E-state index in [1.165, 1.54) is 37.8 Å². The van der Waals surface area contributed by atoms with E-state index < -0.39 is 0 Å². The lowest BCUT2D eigenvalue weighted by atomic mass is 9.76. The van der Waals surface area contributed by atoms with Crippen LogP contribution in [0.25, 0.3) is 0 Å². The summed E-state index contributed by atoms with van der Waals surface area (Å²) in [6.45, 7) is 2.36. The molecule has 112 valence electrons. The molecule has 0 unspecified atom stereocenters. The third kappa shape index (κ3) is 4.50. The maximum Gasteiger partial charge on any atom is 0.118 e. The van der Waals surface area contributed by atoms with E-state index >= 15 is 0 Å². The van der Waals surface area contributed by atoms with Crippen LogP contribution in [0.3, 0.4) is 0 Å². The first-order chi connectivity index (χ1) is 9.69. The first kappa shape index (κ1) is 15.3. The van der Waals surface area contributed by atoms with E-state index in [4.69, 9.17) is 4.74 Å². The smallest absolute Gasteiger partial charge is 0.118 e. The van der Waals surface area contributed by atoms with E-state index in [0.717, 1.165) is 24.3 Å². The molecule has 0 saturated heterocycles. The van der Waals surface area contributed by atoms with Gasteiger partial charge in [-0.3, -0.25) is 0 Å². The van der Waals surface area contributed by atoms with E-state index in [-0.39, 0.29) is 0 Å². The highest BCUT2D eigenvalue weighted by atomic mass is 16.5. The molecule has 1 fully saturated rings. The highest BCUT2D eigenvalue weighted by Gasteiger charge is 2.29. The van der Waals surface area contributed by atoms with Crippen molar-refractivity contribution >= 4 is 0 Å². The van der Waals surface area contributed by atoms with Crippen LogP contribution in [0.5, 0.6) is 5.75 Å². The lowest BCUT2D eigenvalue weighted by Crippen LogP contribution is -2.40. The number of hydrogen-bond acceptors (Lipinski definition) is 3. The van der Waals surface area contributed by atoms with Gasteiger partial charge in [0.15, 0.2) is 0 Å². The summed E-state index contributed by atoms with van der Waals surface area (Å²) in [4.78, 5) is 2.25. The van der Waals surface area contributed by atoms with Gasteiger partial charge in [-0.05, 0) is 76.5 Å². The highest BCUT2D eigenvalue weighted by molar-refractivity contribution is 5.30. The highest BCUT2D eigenvalue weighted by Crippen LogP contribution is 2.37. The third-order valence-corrected chi connectivity index (χ3v) is 4.19. The summed E-state index contributed by atoms with van der Waals surface area (Å²) in [6, 6.07) is 9.27. The van der Waals surface area contributed by atoms with Crippen molar-refractivity contribution in [1.29, 1.82) is 0 Å². The van der Waals surface area contributed by atoms with Gasteiger partial charge in [-0.25, -0.2) is 0 Å². The molecule has 3 nitrogen and oxygen atoms in total. The predicted molar refractivity (Wildman–Crippen MR) is 84.5 cm³/mol. The Kier molecular flexibility index (Phi) is 5.86. The minimum Gasteiger partial charge on any atom is -0.497 e. The Labute approximate surface area is 123 Å². The van der Waals surface area contributed by atoms with Crippen molar-refractivity contribution < 1.29 is 4.74 Å². The monoisotopic (exact) mass is 276 g/mol. The average molecular weight is 276 g/mol. The van der Waals surface area contributed by atoms with Gasteiger partial charge < -0.3 is 15.0 Å². The van der Waals surface area contributed by atoms with Gasteiger partial charge >= 0.3 is 0 Å². The molecule has 0 bridgehead atoms. The summed E-state index contributed by atoms with van der Waals surface area (Å²) < 4.78 is 5.20. The van der Waals surface area contributed by atoms with Gasteiger partial charge in [0.25, 0.3) is 0 Å². The molecule has 0 spiro atoms. The Morgan fingerprint density at radius 3 is 2.45 bits per heavy atom. The maximum absolute atomic E-state index is 5.20. The van der Waals surface area contributed by atoms with Gasteiger partial charge in [-0.1, -0.05) is 12.1 Å². The van der Waals surface area contributed by atoms with E-state index in [1.807, 2.05) is 0 Å². The average Bonchev–Trinajstić information content (AvgIpc) is 2.40. The number of methoxy groups -OCH3 is 1. The fourth-order valence-corrected chi connectivity index (χ4v) is 2.79.